The summed E-state index contributed by atoms with van der Waals surface area (Å²) in [6.45, 7) is 4.09. The third-order valence-corrected chi connectivity index (χ3v) is 3.88. The van der Waals surface area contributed by atoms with Crippen LogP contribution in [0.3, 0.4) is 0 Å². The lowest BCUT2D eigenvalue weighted by Gasteiger charge is -2.19. The molecule has 2 nitrogen and oxygen atoms in total. The minimum atomic E-state index is -0.307. The Morgan fingerprint density at radius 1 is 1.19 bits per heavy atom. The van der Waals surface area contributed by atoms with E-state index >= 15 is 0 Å². The van der Waals surface area contributed by atoms with Gasteiger partial charge in [0.05, 0.1) is 0 Å². The highest BCUT2D eigenvalue weighted by Gasteiger charge is 2.16. The molecule has 4 heteroatoms. The summed E-state index contributed by atoms with van der Waals surface area (Å²) >= 11 is 3.32. The van der Waals surface area contributed by atoms with Crippen molar-refractivity contribution in [1.82, 2.24) is 4.90 Å². The van der Waals surface area contributed by atoms with E-state index in [9.17, 15) is 9.18 Å². The van der Waals surface area contributed by atoms with Gasteiger partial charge in [0.1, 0.15) is 5.82 Å². The standard InChI is InChI=1S/C17H17BrFNO/c1-11-4-5-12(2)15(8-11)17(21)20(3)10-13-9-14(18)6-7-16(13)19/h4-9H,10H2,1-3H3. The first-order chi connectivity index (χ1) is 9.88. The normalized spacial score (nSPS) is 10.5. The zero-order chi connectivity index (χ0) is 15.6. The third-order valence-electron chi connectivity index (χ3n) is 3.39. The van der Waals surface area contributed by atoms with E-state index in [-0.39, 0.29) is 18.3 Å². The smallest absolute Gasteiger partial charge is 0.254 e. The first-order valence-corrected chi connectivity index (χ1v) is 7.44. The molecule has 0 atom stereocenters. The molecule has 0 bridgehead atoms. The van der Waals surface area contributed by atoms with Crippen LogP contribution < -0.4 is 0 Å². The Morgan fingerprint density at radius 3 is 2.62 bits per heavy atom. The first-order valence-electron chi connectivity index (χ1n) is 6.65. The second-order valence-corrected chi connectivity index (χ2v) is 6.13. The molecule has 0 aliphatic carbocycles. The fraction of sp³-hybridized carbons (Fsp3) is 0.235. The largest absolute Gasteiger partial charge is 0.337 e. The minimum absolute atomic E-state index is 0.101. The van der Waals surface area contributed by atoms with Gasteiger partial charge >= 0.3 is 0 Å². The molecule has 0 saturated heterocycles. The number of aryl methyl sites for hydroxylation is 2. The molecule has 0 spiro atoms. The molecule has 1 amide bonds. The summed E-state index contributed by atoms with van der Waals surface area (Å²) in [7, 11) is 1.68. The van der Waals surface area contributed by atoms with Crippen LogP contribution in [0.4, 0.5) is 4.39 Å². The predicted octanol–water partition coefficient (Wildman–Crippen LogP) is 4.48. The highest BCUT2D eigenvalue weighted by atomic mass is 79.9. The number of nitrogens with zero attached hydrogens (tertiary/aromatic N) is 1. The van der Waals surface area contributed by atoms with Crippen LogP contribution in [-0.4, -0.2) is 17.9 Å². The lowest BCUT2D eigenvalue weighted by Crippen LogP contribution is -2.27. The number of carbonyl (C=O) groups excluding carboxylic acids is 1. The van der Waals surface area contributed by atoms with Crippen LogP contribution in [0.25, 0.3) is 0 Å². The van der Waals surface area contributed by atoms with Crippen molar-refractivity contribution in [2.75, 3.05) is 7.05 Å². The molecule has 0 aromatic heterocycles. The van der Waals surface area contributed by atoms with Crippen LogP contribution in [0.1, 0.15) is 27.0 Å². The van der Waals surface area contributed by atoms with Crippen molar-refractivity contribution >= 4 is 21.8 Å². The van der Waals surface area contributed by atoms with Gasteiger partial charge < -0.3 is 4.90 Å². The average Bonchev–Trinajstić information content (AvgIpc) is 2.44. The Morgan fingerprint density at radius 2 is 1.90 bits per heavy atom. The molecule has 2 aromatic rings. The number of hydrogen-bond donors (Lipinski definition) is 0. The lowest BCUT2D eigenvalue weighted by molar-refractivity contribution is 0.0783. The lowest BCUT2D eigenvalue weighted by atomic mass is 10.0. The monoisotopic (exact) mass is 349 g/mol. The van der Waals surface area contributed by atoms with Crippen molar-refractivity contribution in [2.24, 2.45) is 0 Å². The number of hydrogen-bond acceptors (Lipinski definition) is 1. The maximum absolute atomic E-state index is 13.8. The van der Waals surface area contributed by atoms with E-state index in [4.69, 9.17) is 0 Å². The Hall–Kier alpha value is -1.68. The van der Waals surface area contributed by atoms with Crippen LogP contribution in [0, 0.1) is 19.7 Å². The summed E-state index contributed by atoms with van der Waals surface area (Å²) in [4.78, 5) is 14.0. The van der Waals surface area contributed by atoms with Gasteiger partial charge in [-0.1, -0.05) is 33.6 Å². The molecule has 110 valence electrons. The molecule has 2 rings (SSSR count). The van der Waals surface area contributed by atoms with Gasteiger partial charge in [-0.15, -0.1) is 0 Å². The second kappa shape index (κ2) is 6.39. The van der Waals surface area contributed by atoms with Crippen LogP contribution in [0.2, 0.25) is 0 Å². The van der Waals surface area contributed by atoms with E-state index in [1.807, 2.05) is 32.0 Å². The third kappa shape index (κ3) is 3.70. The summed E-state index contributed by atoms with van der Waals surface area (Å²) in [6.07, 6.45) is 0. The fourth-order valence-corrected chi connectivity index (χ4v) is 2.57. The van der Waals surface area contributed by atoms with Crippen molar-refractivity contribution < 1.29 is 9.18 Å². The van der Waals surface area contributed by atoms with Gasteiger partial charge in [-0.25, -0.2) is 4.39 Å². The highest BCUT2D eigenvalue weighted by molar-refractivity contribution is 9.10. The van der Waals surface area contributed by atoms with E-state index in [1.54, 1.807) is 19.2 Å². The number of rotatable bonds is 3. The molecule has 2 aromatic carbocycles. The second-order valence-electron chi connectivity index (χ2n) is 5.22. The summed E-state index contributed by atoms with van der Waals surface area (Å²) in [6, 6.07) is 10.5. The number of benzene rings is 2. The van der Waals surface area contributed by atoms with Gasteiger partial charge in [-0.3, -0.25) is 4.79 Å². The van der Waals surface area contributed by atoms with Crippen molar-refractivity contribution in [3.8, 4) is 0 Å². The molecular formula is C17H17BrFNO. The average molecular weight is 350 g/mol. The van der Waals surface area contributed by atoms with Gasteiger partial charge in [0.15, 0.2) is 0 Å². The topological polar surface area (TPSA) is 20.3 Å². The van der Waals surface area contributed by atoms with Crippen LogP contribution in [-0.2, 0) is 6.54 Å². The summed E-state index contributed by atoms with van der Waals surface area (Å²) < 4.78 is 14.6. The van der Waals surface area contributed by atoms with E-state index < -0.39 is 0 Å². The molecule has 21 heavy (non-hydrogen) atoms. The fourth-order valence-electron chi connectivity index (χ4n) is 2.16. The van der Waals surface area contributed by atoms with E-state index in [1.165, 1.54) is 11.0 Å². The number of carbonyl (C=O) groups is 1. The molecule has 0 fully saturated rings. The summed E-state index contributed by atoms with van der Waals surface area (Å²) in [5.41, 5.74) is 3.11. The zero-order valence-electron chi connectivity index (χ0n) is 12.3. The zero-order valence-corrected chi connectivity index (χ0v) is 13.9. The SMILES string of the molecule is Cc1ccc(C)c(C(=O)N(C)Cc2cc(Br)ccc2F)c1. The Balaban J connectivity index is 2.23. The van der Waals surface area contributed by atoms with E-state index in [0.29, 0.717) is 11.1 Å². The molecule has 0 N–H and O–H groups in total. The maximum Gasteiger partial charge on any atom is 0.254 e. The molecule has 0 heterocycles. The molecule has 0 unspecified atom stereocenters. The van der Waals surface area contributed by atoms with Gasteiger partial charge in [-0.05, 0) is 43.7 Å². The molecule has 0 aliphatic heterocycles. The Labute approximate surface area is 132 Å². The quantitative estimate of drug-likeness (QED) is 0.799. The van der Waals surface area contributed by atoms with Crippen LogP contribution >= 0.6 is 15.9 Å². The molecule has 0 radical (unpaired) electrons. The van der Waals surface area contributed by atoms with Gasteiger partial charge in [0.25, 0.3) is 5.91 Å². The van der Waals surface area contributed by atoms with E-state index in [0.717, 1.165) is 15.6 Å². The van der Waals surface area contributed by atoms with Gasteiger partial charge in [0, 0.05) is 29.2 Å². The maximum atomic E-state index is 13.8. The van der Waals surface area contributed by atoms with Crippen LogP contribution in [0.5, 0.6) is 0 Å². The summed E-state index contributed by atoms with van der Waals surface area (Å²) in [5, 5.41) is 0. The van der Waals surface area contributed by atoms with Crippen molar-refractivity contribution in [3.63, 3.8) is 0 Å². The number of halogens is 2. The minimum Gasteiger partial charge on any atom is -0.337 e. The van der Waals surface area contributed by atoms with Gasteiger partial charge in [-0.2, -0.15) is 0 Å². The molecule has 0 saturated carbocycles. The highest BCUT2D eigenvalue weighted by Crippen LogP contribution is 2.19. The van der Waals surface area contributed by atoms with Crippen molar-refractivity contribution in [3.05, 3.63) is 68.9 Å². The molecular weight excluding hydrogens is 333 g/mol. The van der Waals surface area contributed by atoms with Crippen molar-refractivity contribution in [2.45, 2.75) is 20.4 Å². The van der Waals surface area contributed by atoms with Crippen molar-refractivity contribution in [1.29, 1.82) is 0 Å². The van der Waals surface area contributed by atoms with Crippen LogP contribution in [0.15, 0.2) is 40.9 Å². The first kappa shape index (κ1) is 15.7. The molecule has 0 aliphatic rings. The van der Waals surface area contributed by atoms with Gasteiger partial charge in [0.2, 0.25) is 0 Å². The Kier molecular flexibility index (Phi) is 4.78. The van der Waals surface area contributed by atoms with E-state index in [2.05, 4.69) is 15.9 Å². The number of amides is 1. The Bertz CT molecular complexity index is 684. The summed E-state index contributed by atoms with van der Waals surface area (Å²) in [5.74, 6) is -0.408. The predicted molar refractivity (Wildman–Crippen MR) is 85.8 cm³/mol.